The van der Waals surface area contributed by atoms with E-state index in [-0.39, 0.29) is 0 Å². The number of piperazine rings is 1. The van der Waals surface area contributed by atoms with Gasteiger partial charge in [0.05, 0.1) is 12.5 Å². The topological polar surface area (TPSA) is 39.1 Å². The van der Waals surface area contributed by atoms with Gasteiger partial charge in [0.15, 0.2) is 0 Å². The summed E-state index contributed by atoms with van der Waals surface area (Å²) in [5.74, 6) is 0. The van der Waals surface area contributed by atoms with E-state index in [1.807, 2.05) is 0 Å². The minimum Gasteiger partial charge on any atom is -0.369 e. The monoisotopic (exact) mass is 229 g/mol. The van der Waals surface area contributed by atoms with Crippen molar-refractivity contribution in [3.05, 3.63) is 29.3 Å². The van der Waals surface area contributed by atoms with Gasteiger partial charge in [0.25, 0.3) is 0 Å². The third-order valence-corrected chi connectivity index (χ3v) is 3.45. The largest absolute Gasteiger partial charge is 0.369 e. The van der Waals surface area contributed by atoms with Crippen molar-refractivity contribution in [1.29, 1.82) is 5.26 Å². The van der Waals surface area contributed by atoms with E-state index in [1.165, 1.54) is 16.8 Å². The van der Waals surface area contributed by atoms with Crippen LogP contribution in [-0.4, -0.2) is 25.7 Å². The first kappa shape index (κ1) is 11.9. The standard InChI is InChI=1S/C14H19N3/c1-11-3-4-14(9-12(11)2)17-8-7-16-13(10-17)5-6-15/h3-4,9,13,16H,5,7-8,10H2,1-2H3. The zero-order chi connectivity index (χ0) is 12.3. The molecule has 1 aliphatic rings. The first-order valence-electron chi connectivity index (χ1n) is 6.13. The van der Waals surface area contributed by atoms with Crippen molar-refractivity contribution in [1.82, 2.24) is 5.32 Å². The van der Waals surface area contributed by atoms with Crippen molar-refractivity contribution in [3.63, 3.8) is 0 Å². The molecule has 0 saturated carbocycles. The molecule has 1 aliphatic heterocycles. The molecule has 0 aromatic heterocycles. The number of benzene rings is 1. The highest BCUT2D eigenvalue weighted by Gasteiger charge is 2.19. The predicted molar refractivity (Wildman–Crippen MR) is 70.1 cm³/mol. The molecule has 90 valence electrons. The van der Waals surface area contributed by atoms with Crippen molar-refractivity contribution in [2.24, 2.45) is 0 Å². The summed E-state index contributed by atoms with van der Waals surface area (Å²) in [6.45, 7) is 7.18. The number of anilines is 1. The van der Waals surface area contributed by atoms with E-state index in [1.54, 1.807) is 0 Å². The van der Waals surface area contributed by atoms with Crippen molar-refractivity contribution in [3.8, 4) is 6.07 Å². The van der Waals surface area contributed by atoms with Crippen molar-refractivity contribution in [2.75, 3.05) is 24.5 Å². The molecule has 1 fully saturated rings. The molecule has 1 saturated heterocycles. The van der Waals surface area contributed by atoms with Gasteiger partial charge in [0, 0.05) is 31.4 Å². The minimum absolute atomic E-state index is 0.301. The van der Waals surface area contributed by atoms with Gasteiger partial charge in [0.1, 0.15) is 0 Å². The van der Waals surface area contributed by atoms with Crippen LogP contribution in [-0.2, 0) is 0 Å². The lowest BCUT2D eigenvalue weighted by molar-refractivity contribution is 0.463. The molecule has 2 rings (SSSR count). The molecule has 0 spiro atoms. The van der Waals surface area contributed by atoms with Crippen LogP contribution in [0.3, 0.4) is 0 Å². The average Bonchev–Trinajstić information content (AvgIpc) is 2.33. The second-order valence-corrected chi connectivity index (χ2v) is 4.73. The molecule has 0 bridgehead atoms. The lowest BCUT2D eigenvalue weighted by Gasteiger charge is -2.34. The molecule has 1 aromatic rings. The fourth-order valence-electron chi connectivity index (χ4n) is 2.23. The third kappa shape index (κ3) is 2.78. The molecule has 1 unspecified atom stereocenters. The Morgan fingerprint density at radius 1 is 1.41 bits per heavy atom. The minimum atomic E-state index is 0.301. The quantitative estimate of drug-likeness (QED) is 0.843. The molecule has 0 radical (unpaired) electrons. The second kappa shape index (κ2) is 5.20. The Morgan fingerprint density at radius 3 is 2.94 bits per heavy atom. The first-order chi connectivity index (χ1) is 8.20. The number of hydrogen-bond acceptors (Lipinski definition) is 3. The Bertz CT molecular complexity index is 434. The summed E-state index contributed by atoms with van der Waals surface area (Å²) < 4.78 is 0. The SMILES string of the molecule is Cc1ccc(N2CCNC(CC#N)C2)cc1C. The van der Waals surface area contributed by atoms with Crippen LogP contribution in [0.15, 0.2) is 18.2 Å². The molecule has 1 aromatic carbocycles. The van der Waals surface area contributed by atoms with Crippen LogP contribution in [0, 0.1) is 25.2 Å². The predicted octanol–water partition coefficient (Wildman–Crippen LogP) is 2.00. The van der Waals surface area contributed by atoms with Crippen LogP contribution < -0.4 is 10.2 Å². The summed E-state index contributed by atoms with van der Waals surface area (Å²) in [5.41, 5.74) is 3.94. The first-order valence-corrected chi connectivity index (χ1v) is 6.13. The maximum Gasteiger partial charge on any atom is 0.0638 e. The zero-order valence-corrected chi connectivity index (χ0v) is 10.5. The Labute approximate surface area is 103 Å². The maximum atomic E-state index is 8.75. The fraction of sp³-hybridized carbons (Fsp3) is 0.500. The van der Waals surface area contributed by atoms with E-state index in [0.717, 1.165) is 19.6 Å². The van der Waals surface area contributed by atoms with Crippen LogP contribution >= 0.6 is 0 Å². The summed E-state index contributed by atoms with van der Waals surface area (Å²) in [5, 5.41) is 12.1. The van der Waals surface area contributed by atoms with E-state index >= 15 is 0 Å². The number of hydrogen-bond donors (Lipinski definition) is 1. The highest BCUT2D eigenvalue weighted by Crippen LogP contribution is 2.20. The third-order valence-electron chi connectivity index (χ3n) is 3.45. The van der Waals surface area contributed by atoms with Crippen LogP contribution in [0.5, 0.6) is 0 Å². The van der Waals surface area contributed by atoms with Crippen LogP contribution in [0.25, 0.3) is 0 Å². The molecule has 1 atom stereocenters. The average molecular weight is 229 g/mol. The Kier molecular flexibility index (Phi) is 3.65. The molecule has 3 nitrogen and oxygen atoms in total. The highest BCUT2D eigenvalue weighted by atomic mass is 15.2. The summed E-state index contributed by atoms with van der Waals surface area (Å²) in [4.78, 5) is 2.37. The van der Waals surface area contributed by atoms with Crippen LogP contribution in [0.2, 0.25) is 0 Å². The van der Waals surface area contributed by atoms with E-state index in [4.69, 9.17) is 5.26 Å². The number of rotatable bonds is 2. The van der Waals surface area contributed by atoms with Gasteiger partial charge in [-0.15, -0.1) is 0 Å². The lowest BCUT2D eigenvalue weighted by Crippen LogP contribution is -2.50. The zero-order valence-electron chi connectivity index (χ0n) is 10.5. The molecule has 3 heteroatoms. The summed E-state index contributed by atoms with van der Waals surface area (Å²) in [6.07, 6.45) is 0.585. The molecule has 17 heavy (non-hydrogen) atoms. The molecular formula is C14H19N3. The number of nitriles is 1. The van der Waals surface area contributed by atoms with Gasteiger partial charge in [0.2, 0.25) is 0 Å². The van der Waals surface area contributed by atoms with E-state index < -0.39 is 0 Å². The Morgan fingerprint density at radius 2 is 2.24 bits per heavy atom. The normalized spacial score (nSPS) is 20.1. The van der Waals surface area contributed by atoms with E-state index in [2.05, 4.69) is 48.3 Å². The van der Waals surface area contributed by atoms with Crippen LogP contribution in [0.4, 0.5) is 5.69 Å². The van der Waals surface area contributed by atoms with Gasteiger partial charge in [-0.1, -0.05) is 6.07 Å². The van der Waals surface area contributed by atoms with Gasteiger partial charge in [-0.05, 0) is 37.1 Å². The van der Waals surface area contributed by atoms with Gasteiger partial charge in [-0.25, -0.2) is 0 Å². The molecular weight excluding hydrogens is 210 g/mol. The lowest BCUT2D eigenvalue weighted by atomic mass is 10.1. The second-order valence-electron chi connectivity index (χ2n) is 4.73. The Hall–Kier alpha value is -1.53. The maximum absolute atomic E-state index is 8.75. The summed E-state index contributed by atoms with van der Waals surface area (Å²) >= 11 is 0. The number of nitrogens with zero attached hydrogens (tertiary/aromatic N) is 2. The molecule has 0 aliphatic carbocycles. The molecule has 1 N–H and O–H groups in total. The van der Waals surface area contributed by atoms with Crippen molar-refractivity contribution >= 4 is 5.69 Å². The van der Waals surface area contributed by atoms with Gasteiger partial charge >= 0.3 is 0 Å². The smallest absolute Gasteiger partial charge is 0.0638 e. The summed E-state index contributed by atoms with van der Waals surface area (Å²) in [6, 6.07) is 9.13. The fourth-order valence-corrected chi connectivity index (χ4v) is 2.23. The van der Waals surface area contributed by atoms with Crippen LogP contribution in [0.1, 0.15) is 17.5 Å². The summed E-state index contributed by atoms with van der Waals surface area (Å²) in [7, 11) is 0. The Balaban J connectivity index is 2.11. The molecule has 0 amide bonds. The van der Waals surface area contributed by atoms with Crippen molar-refractivity contribution < 1.29 is 0 Å². The van der Waals surface area contributed by atoms with Gasteiger partial charge < -0.3 is 10.2 Å². The van der Waals surface area contributed by atoms with E-state index in [9.17, 15) is 0 Å². The highest BCUT2D eigenvalue weighted by molar-refractivity contribution is 5.51. The van der Waals surface area contributed by atoms with E-state index in [0.29, 0.717) is 12.5 Å². The van der Waals surface area contributed by atoms with Crippen molar-refractivity contribution in [2.45, 2.75) is 26.3 Å². The molecule has 1 heterocycles. The number of nitrogens with one attached hydrogen (secondary N) is 1. The van der Waals surface area contributed by atoms with Gasteiger partial charge in [-0.3, -0.25) is 0 Å². The van der Waals surface area contributed by atoms with Gasteiger partial charge in [-0.2, -0.15) is 5.26 Å². The number of aryl methyl sites for hydroxylation is 2.